The lowest BCUT2D eigenvalue weighted by Crippen LogP contribution is -2.13. The van der Waals surface area contributed by atoms with Crippen LogP contribution in [0.4, 0.5) is 11.4 Å². The lowest BCUT2D eigenvalue weighted by molar-refractivity contribution is 0.102. The molecule has 0 spiro atoms. The Bertz CT molecular complexity index is 723. The Kier molecular flexibility index (Phi) is 4.10. The number of nitrogens with zero attached hydrogens (tertiary/aromatic N) is 1. The second-order valence-corrected chi connectivity index (χ2v) is 5.20. The highest BCUT2D eigenvalue weighted by Gasteiger charge is 2.10. The fourth-order valence-electron chi connectivity index (χ4n) is 1.59. The van der Waals surface area contributed by atoms with Crippen LogP contribution in [0.2, 0.25) is 0 Å². The van der Waals surface area contributed by atoms with Crippen LogP contribution in [0.1, 0.15) is 15.9 Å². The molecule has 0 saturated carbocycles. The van der Waals surface area contributed by atoms with Gasteiger partial charge in [-0.2, -0.15) is 5.26 Å². The largest absolute Gasteiger partial charge is 0.507 e. The molecule has 4 N–H and O–H groups in total. The van der Waals surface area contributed by atoms with Crippen LogP contribution in [0, 0.1) is 14.9 Å². The number of phenols is 1. The molecule has 0 aliphatic carbocycles. The van der Waals surface area contributed by atoms with E-state index in [1.54, 1.807) is 24.3 Å². The first-order chi connectivity index (χ1) is 9.51. The molecule has 2 rings (SSSR count). The number of benzene rings is 2. The highest BCUT2D eigenvalue weighted by Crippen LogP contribution is 2.23. The normalized spacial score (nSPS) is 9.80. The average Bonchev–Trinajstić information content (AvgIpc) is 2.43. The minimum Gasteiger partial charge on any atom is -0.507 e. The fraction of sp³-hybridized carbons (Fsp3) is 0. The Hall–Kier alpha value is -2.27. The first kappa shape index (κ1) is 14.1. The molecule has 0 aliphatic rings. The van der Waals surface area contributed by atoms with E-state index in [2.05, 4.69) is 5.32 Å². The zero-order valence-electron chi connectivity index (χ0n) is 10.2. The Morgan fingerprint density at radius 1 is 1.30 bits per heavy atom. The van der Waals surface area contributed by atoms with E-state index < -0.39 is 0 Å². The second-order valence-electron chi connectivity index (χ2n) is 4.03. The maximum absolute atomic E-state index is 12.0. The van der Waals surface area contributed by atoms with E-state index in [1.807, 2.05) is 28.7 Å². The fourth-order valence-corrected chi connectivity index (χ4v) is 1.93. The van der Waals surface area contributed by atoms with Crippen molar-refractivity contribution in [3.05, 3.63) is 51.1 Å². The van der Waals surface area contributed by atoms with E-state index in [9.17, 15) is 9.90 Å². The van der Waals surface area contributed by atoms with Gasteiger partial charge in [0, 0.05) is 5.56 Å². The Balaban J connectivity index is 2.23. The van der Waals surface area contributed by atoms with Crippen molar-refractivity contribution in [2.75, 3.05) is 11.1 Å². The third-order valence-corrected chi connectivity index (χ3v) is 3.55. The van der Waals surface area contributed by atoms with E-state index >= 15 is 0 Å². The van der Waals surface area contributed by atoms with Crippen molar-refractivity contribution < 1.29 is 9.90 Å². The lowest BCUT2D eigenvalue weighted by Gasteiger charge is -2.09. The molecule has 6 heteroatoms. The van der Waals surface area contributed by atoms with Gasteiger partial charge in [0.05, 0.1) is 26.6 Å². The maximum Gasteiger partial charge on any atom is 0.255 e. The number of hydrogen-bond acceptors (Lipinski definition) is 4. The van der Waals surface area contributed by atoms with Crippen LogP contribution in [-0.4, -0.2) is 11.0 Å². The first-order valence-electron chi connectivity index (χ1n) is 5.61. The summed E-state index contributed by atoms with van der Waals surface area (Å²) in [6.07, 6.45) is 0. The van der Waals surface area contributed by atoms with Gasteiger partial charge in [-0.05, 0) is 59.0 Å². The van der Waals surface area contributed by atoms with Crippen LogP contribution >= 0.6 is 22.6 Å². The van der Waals surface area contributed by atoms with E-state index in [4.69, 9.17) is 11.0 Å². The van der Waals surface area contributed by atoms with Gasteiger partial charge < -0.3 is 16.2 Å². The monoisotopic (exact) mass is 379 g/mol. The molecule has 0 saturated heterocycles. The molecule has 0 bridgehead atoms. The first-order valence-corrected chi connectivity index (χ1v) is 6.68. The quantitative estimate of drug-likeness (QED) is 0.552. The molecule has 2 aromatic carbocycles. The molecule has 2 aromatic rings. The second kappa shape index (κ2) is 5.79. The molecular weight excluding hydrogens is 369 g/mol. The molecular formula is C14H10IN3O2. The number of nitrogens with one attached hydrogen (secondary N) is 1. The summed E-state index contributed by atoms with van der Waals surface area (Å²) in [4.78, 5) is 12.0. The van der Waals surface area contributed by atoms with Crippen molar-refractivity contribution in [2.45, 2.75) is 0 Å². The van der Waals surface area contributed by atoms with Gasteiger partial charge in [0.2, 0.25) is 0 Å². The highest BCUT2D eigenvalue weighted by atomic mass is 127. The van der Waals surface area contributed by atoms with Crippen LogP contribution in [0.3, 0.4) is 0 Å². The minimum atomic E-state index is -0.381. The molecule has 0 aliphatic heterocycles. The van der Waals surface area contributed by atoms with Gasteiger partial charge in [-0.25, -0.2) is 0 Å². The van der Waals surface area contributed by atoms with Gasteiger partial charge in [0.25, 0.3) is 5.91 Å². The third-order valence-electron chi connectivity index (χ3n) is 2.64. The van der Waals surface area contributed by atoms with Crippen LogP contribution in [-0.2, 0) is 0 Å². The predicted molar refractivity (Wildman–Crippen MR) is 84.3 cm³/mol. The number of nitriles is 1. The predicted octanol–water partition coefficient (Wildman–Crippen LogP) is 2.70. The number of rotatable bonds is 2. The molecule has 5 nitrogen and oxygen atoms in total. The minimum absolute atomic E-state index is 0.0473. The smallest absolute Gasteiger partial charge is 0.255 e. The Labute approximate surface area is 129 Å². The standard InChI is InChI=1S/C14H10IN3O2/c15-10-3-2-9(6-13(10)19)14(20)18-12-4-1-8(7-16)5-11(12)17/h1-6,19H,17H2,(H,18,20). The van der Waals surface area contributed by atoms with Crippen molar-refractivity contribution in [1.29, 1.82) is 5.26 Å². The SMILES string of the molecule is N#Cc1ccc(NC(=O)c2ccc(I)c(O)c2)c(N)c1. The summed E-state index contributed by atoms with van der Waals surface area (Å²) >= 11 is 1.97. The van der Waals surface area contributed by atoms with E-state index in [0.29, 0.717) is 26.1 Å². The zero-order valence-corrected chi connectivity index (χ0v) is 12.4. The summed E-state index contributed by atoms with van der Waals surface area (Å²) in [5, 5.41) is 21.0. The number of nitrogens with two attached hydrogens (primary N) is 1. The van der Waals surface area contributed by atoms with E-state index in [1.165, 1.54) is 12.1 Å². The van der Waals surface area contributed by atoms with Gasteiger partial charge in [-0.1, -0.05) is 0 Å². The number of nitrogen functional groups attached to an aromatic ring is 1. The van der Waals surface area contributed by atoms with Crippen LogP contribution in [0.5, 0.6) is 5.75 Å². The van der Waals surface area contributed by atoms with Crippen LogP contribution in [0.15, 0.2) is 36.4 Å². The molecule has 20 heavy (non-hydrogen) atoms. The Morgan fingerprint density at radius 3 is 2.65 bits per heavy atom. The number of hydrogen-bond donors (Lipinski definition) is 3. The van der Waals surface area contributed by atoms with Crippen LogP contribution < -0.4 is 11.1 Å². The molecule has 0 radical (unpaired) electrons. The Morgan fingerprint density at radius 2 is 2.05 bits per heavy atom. The van der Waals surface area contributed by atoms with Gasteiger partial charge in [-0.3, -0.25) is 4.79 Å². The molecule has 100 valence electrons. The number of amides is 1. The molecule has 0 heterocycles. The number of carbonyl (C=O) groups excluding carboxylic acids is 1. The molecule has 0 atom stereocenters. The molecule has 0 fully saturated rings. The van der Waals surface area contributed by atoms with E-state index in [0.717, 1.165) is 0 Å². The number of anilines is 2. The number of carbonyl (C=O) groups is 1. The van der Waals surface area contributed by atoms with Crippen molar-refractivity contribution in [1.82, 2.24) is 0 Å². The zero-order chi connectivity index (χ0) is 14.7. The lowest BCUT2D eigenvalue weighted by atomic mass is 10.1. The number of halogens is 1. The summed E-state index contributed by atoms with van der Waals surface area (Å²) in [7, 11) is 0. The summed E-state index contributed by atoms with van der Waals surface area (Å²) in [6, 6.07) is 11.2. The number of aromatic hydroxyl groups is 1. The summed E-state index contributed by atoms with van der Waals surface area (Å²) < 4.78 is 0.664. The summed E-state index contributed by atoms with van der Waals surface area (Å²) in [5.41, 5.74) is 7.25. The van der Waals surface area contributed by atoms with Crippen molar-refractivity contribution >= 4 is 39.9 Å². The average molecular weight is 379 g/mol. The molecule has 1 amide bonds. The van der Waals surface area contributed by atoms with Gasteiger partial charge in [-0.15, -0.1) is 0 Å². The van der Waals surface area contributed by atoms with E-state index in [-0.39, 0.29) is 11.7 Å². The molecule has 0 aromatic heterocycles. The van der Waals surface area contributed by atoms with Gasteiger partial charge in [0.1, 0.15) is 5.75 Å². The molecule has 0 unspecified atom stereocenters. The maximum atomic E-state index is 12.0. The van der Waals surface area contributed by atoms with Crippen molar-refractivity contribution in [3.8, 4) is 11.8 Å². The van der Waals surface area contributed by atoms with Crippen molar-refractivity contribution in [2.24, 2.45) is 0 Å². The summed E-state index contributed by atoms with van der Waals surface area (Å²) in [5.74, 6) is -0.334. The highest BCUT2D eigenvalue weighted by molar-refractivity contribution is 14.1. The van der Waals surface area contributed by atoms with Gasteiger partial charge in [0.15, 0.2) is 0 Å². The third kappa shape index (κ3) is 3.00. The topological polar surface area (TPSA) is 99.1 Å². The van der Waals surface area contributed by atoms with Crippen LogP contribution in [0.25, 0.3) is 0 Å². The van der Waals surface area contributed by atoms with Gasteiger partial charge >= 0.3 is 0 Å². The van der Waals surface area contributed by atoms with Crippen molar-refractivity contribution in [3.63, 3.8) is 0 Å². The number of phenolic OH excluding ortho intramolecular Hbond substituents is 1. The summed E-state index contributed by atoms with van der Waals surface area (Å²) in [6.45, 7) is 0.